The van der Waals surface area contributed by atoms with Gasteiger partial charge in [0.05, 0.1) is 50.4 Å². The summed E-state index contributed by atoms with van der Waals surface area (Å²) in [6.07, 6.45) is 15.3. The second-order valence-corrected chi connectivity index (χ2v) is 18.3. The quantitative estimate of drug-likeness (QED) is 0.0739. The van der Waals surface area contributed by atoms with E-state index < -0.39 is 0 Å². The van der Waals surface area contributed by atoms with Crippen LogP contribution in [0.3, 0.4) is 0 Å². The van der Waals surface area contributed by atoms with Crippen molar-refractivity contribution in [1.82, 2.24) is 9.97 Å². The smallest absolute Gasteiger partial charge is 0.135 e. The molecule has 58 heavy (non-hydrogen) atoms. The normalized spacial score (nSPS) is 30.0. The molecule has 302 valence electrons. The van der Waals surface area contributed by atoms with Crippen LogP contribution in [-0.2, 0) is 22.6 Å². The molecule has 0 aliphatic carbocycles. The molecule has 0 unspecified atom stereocenters. The third-order valence-corrected chi connectivity index (χ3v) is 15.4. The number of pyridine rings is 2. The van der Waals surface area contributed by atoms with Crippen LogP contribution >= 0.6 is 0 Å². The maximum absolute atomic E-state index is 6.93. The van der Waals surface area contributed by atoms with Crippen molar-refractivity contribution >= 4 is 21.8 Å². The second kappa shape index (κ2) is 16.8. The van der Waals surface area contributed by atoms with Crippen LogP contribution in [-0.4, -0.2) is 70.4 Å². The van der Waals surface area contributed by atoms with Crippen LogP contribution in [0.5, 0.6) is 0 Å². The van der Waals surface area contributed by atoms with Crippen LogP contribution in [0.15, 0.2) is 123 Å². The molecule has 6 fully saturated rings. The third-order valence-electron chi connectivity index (χ3n) is 15.4. The molecule has 0 amide bonds. The van der Waals surface area contributed by atoms with Gasteiger partial charge in [0.1, 0.15) is 37.4 Å². The molecule has 6 heteroatoms. The zero-order valence-electron chi connectivity index (χ0n) is 34.9. The molecule has 4 bridgehead atoms. The molecular weight excluding hydrogens is 713 g/mol. The van der Waals surface area contributed by atoms with Gasteiger partial charge in [0, 0.05) is 71.8 Å². The first-order chi connectivity index (χ1) is 28.5. The molecule has 2 aromatic heterocycles. The molecule has 6 aliphatic rings. The molecular formula is C52H64N4O2+2. The number of benzene rings is 3. The summed E-state index contributed by atoms with van der Waals surface area (Å²) in [7, 11) is 0. The Balaban J connectivity index is 1.07. The average Bonchev–Trinajstić information content (AvgIpc) is 3.27. The summed E-state index contributed by atoms with van der Waals surface area (Å²) >= 11 is 0. The number of ether oxygens (including phenoxy) is 2. The van der Waals surface area contributed by atoms with Gasteiger partial charge in [0.2, 0.25) is 0 Å². The average molecular weight is 777 g/mol. The molecule has 6 nitrogen and oxygen atoms in total. The SMILES string of the molecule is C=CCO[C@H](c1ccnc2ccccc12)[C@H]1C[C@@H]2CC[N@@+]1(Cc1cccc(C[N@@+]34CC[C@@H](C[C@@H]3[C@H](OCC=C)c3ccnc5ccccc35)[C@@H](CC)C4)c1)C[C@@H]2CC. The number of fused-ring (bicyclic) bond motifs is 8. The minimum atomic E-state index is -0.0221. The first-order valence-corrected chi connectivity index (χ1v) is 22.4. The number of nitrogens with zero attached hydrogens (tertiary/aromatic N) is 4. The Morgan fingerprint density at radius 3 is 1.55 bits per heavy atom. The zero-order chi connectivity index (χ0) is 39.7. The predicted molar refractivity (Wildman–Crippen MR) is 236 cm³/mol. The minimum absolute atomic E-state index is 0.0221. The van der Waals surface area contributed by atoms with Crippen molar-refractivity contribution in [2.24, 2.45) is 23.7 Å². The van der Waals surface area contributed by atoms with Crippen molar-refractivity contribution in [2.45, 2.75) is 89.8 Å². The van der Waals surface area contributed by atoms with Gasteiger partial charge in [-0.1, -0.05) is 80.6 Å². The number of hydrogen-bond donors (Lipinski definition) is 0. The van der Waals surface area contributed by atoms with Gasteiger partial charge in [0.25, 0.3) is 0 Å². The minimum Gasteiger partial charge on any atom is -0.363 e. The van der Waals surface area contributed by atoms with Crippen LogP contribution in [0.4, 0.5) is 0 Å². The Bertz CT molecular complexity index is 2080. The third kappa shape index (κ3) is 7.25. The van der Waals surface area contributed by atoms with Crippen LogP contribution in [0.2, 0.25) is 0 Å². The lowest BCUT2D eigenvalue weighted by Gasteiger charge is -2.59. The number of piperidine rings is 6. The Kier molecular flexibility index (Phi) is 11.4. The van der Waals surface area contributed by atoms with E-state index in [4.69, 9.17) is 19.4 Å². The highest BCUT2D eigenvalue weighted by Crippen LogP contribution is 2.51. The number of hydrogen-bond acceptors (Lipinski definition) is 4. The molecule has 0 radical (unpaired) electrons. The highest BCUT2D eigenvalue weighted by molar-refractivity contribution is 5.83. The predicted octanol–water partition coefficient (Wildman–Crippen LogP) is 10.9. The molecule has 0 spiro atoms. The van der Waals surface area contributed by atoms with E-state index in [0.29, 0.717) is 25.3 Å². The molecule has 6 aliphatic heterocycles. The number of quaternary nitrogens is 2. The number of rotatable bonds is 16. The van der Waals surface area contributed by atoms with Crippen LogP contribution in [0.25, 0.3) is 21.8 Å². The molecule has 8 heterocycles. The Morgan fingerprint density at radius 1 is 0.638 bits per heavy atom. The largest absolute Gasteiger partial charge is 0.363 e. The summed E-state index contributed by atoms with van der Waals surface area (Å²) < 4.78 is 16.0. The Morgan fingerprint density at radius 2 is 1.10 bits per heavy atom. The van der Waals surface area contributed by atoms with E-state index in [1.54, 1.807) is 0 Å². The maximum atomic E-state index is 6.93. The van der Waals surface area contributed by atoms with E-state index in [1.165, 1.54) is 97.7 Å². The summed E-state index contributed by atoms with van der Waals surface area (Å²) in [4.78, 5) is 9.51. The van der Waals surface area contributed by atoms with E-state index >= 15 is 0 Å². The van der Waals surface area contributed by atoms with Crippen LogP contribution < -0.4 is 0 Å². The topological polar surface area (TPSA) is 44.2 Å². The fourth-order valence-electron chi connectivity index (χ4n) is 12.7. The van der Waals surface area contributed by atoms with Crippen molar-refractivity contribution < 1.29 is 18.4 Å². The Hall–Kier alpha value is -4.20. The van der Waals surface area contributed by atoms with Crippen LogP contribution in [0, 0.1) is 23.7 Å². The monoisotopic (exact) mass is 777 g/mol. The van der Waals surface area contributed by atoms with Gasteiger partial charge in [-0.15, -0.1) is 13.2 Å². The van der Waals surface area contributed by atoms with Crippen molar-refractivity contribution in [1.29, 1.82) is 0 Å². The number of para-hydroxylation sites is 2. The van der Waals surface area contributed by atoms with E-state index in [0.717, 1.165) is 56.8 Å². The summed E-state index contributed by atoms with van der Waals surface area (Å²) in [5.41, 5.74) is 7.57. The van der Waals surface area contributed by atoms with Gasteiger partial charge >= 0.3 is 0 Å². The van der Waals surface area contributed by atoms with Crippen molar-refractivity contribution in [3.63, 3.8) is 0 Å². The first kappa shape index (κ1) is 39.3. The molecule has 0 saturated carbocycles. The van der Waals surface area contributed by atoms with Gasteiger partial charge < -0.3 is 18.4 Å². The summed E-state index contributed by atoms with van der Waals surface area (Å²) in [5.74, 6) is 3.00. The van der Waals surface area contributed by atoms with Gasteiger partial charge in [-0.2, -0.15) is 0 Å². The standard InChI is InChI=1S/C52H64N4O2/c1-5-28-57-51(45-20-24-53-47-18-11-9-16-43(45)47)49-31-41-22-26-55(49,35-39(41)7-3)33-37-14-13-15-38(30-37)34-56-27-23-42(40(8-4)36-56)32-50(56)52(58-29-6-2)46-21-25-54-48-19-12-10-17-44(46)48/h5-6,9-21,24-25,30,39-42,49-52H,1-2,7-8,22-23,26-29,31-36H2,3-4H3/q+2/t39-,40-,41-,42-,49+,50+,51+,52+,55+,56+/m0/s1. The van der Waals surface area contributed by atoms with Gasteiger partial charge in [-0.05, 0) is 66.1 Å². The summed E-state index contributed by atoms with van der Waals surface area (Å²) in [6.45, 7) is 21.0. The van der Waals surface area contributed by atoms with E-state index in [2.05, 4.69) is 112 Å². The Labute approximate surface area is 346 Å². The van der Waals surface area contributed by atoms with Crippen molar-refractivity contribution in [3.8, 4) is 0 Å². The summed E-state index contributed by atoms with van der Waals surface area (Å²) in [6, 6.07) is 32.2. The number of aromatic nitrogens is 2. The van der Waals surface area contributed by atoms with Gasteiger partial charge in [-0.25, -0.2) is 0 Å². The molecule has 10 atom stereocenters. The maximum Gasteiger partial charge on any atom is 0.135 e. The lowest BCUT2D eigenvalue weighted by atomic mass is 9.70. The van der Waals surface area contributed by atoms with E-state index in [9.17, 15) is 0 Å². The molecule has 6 saturated heterocycles. The van der Waals surface area contributed by atoms with Crippen LogP contribution in [0.1, 0.15) is 86.8 Å². The lowest BCUT2D eigenvalue weighted by Crippen LogP contribution is -2.68. The molecule has 11 rings (SSSR count). The first-order valence-electron chi connectivity index (χ1n) is 22.4. The fourth-order valence-corrected chi connectivity index (χ4v) is 12.7. The second-order valence-electron chi connectivity index (χ2n) is 18.3. The summed E-state index contributed by atoms with van der Waals surface area (Å²) in [5, 5.41) is 2.42. The highest BCUT2D eigenvalue weighted by atomic mass is 16.5. The molecule has 3 aromatic carbocycles. The van der Waals surface area contributed by atoms with Gasteiger partial charge in [-0.3, -0.25) is 9.97 Å². The van der Waals surface area contributed by atoms with Crippen molar-refractivity contribution in [3.05, 3.63) is 145 Å². The fraction of sp³-hybridized carbons (Fsp3) is 0.462. The van der Waals surface area contributed by atoms with Gasteiger partial charge in [0.15, 0.2) is 0 Å². The lowest BCUT2D eigenvalue weighted by molar-refractivity contribution is -0.986. The van der Waals surface area contributed by atoms with E-state index in [-0.39, 0.29) is 12.2 Å². The van der Waals surface area contributed by atoms with Crippen molar-refractivity contribution in [2.75, 3.05) is 39.4 Å². The van der Waals surface area contributed by atoms with E-state index in [1.807, 2.05) is 24.5 Å². The highest BCUT2D eigenvalue weighted by Gasteiger charge is 2.56. The molecule has 0 N–H and O–H groups in total. The molecule has 5 aromatic rings. The zero-order valence-corrected chi connectivity index (χ0v) is 34.9.